The van der Waals surface area contributed by atoms with Crippen LogP contribution < -0.4 is 0 Å². The molecule has 7 nitrogen and oxygen atoms in total. The normalized spacial score (nSPS) is 27.7. The Balaban J connectivity index is 1.96. The van der Waals surface area contributed by atoms with Crippen LogP contribution in [0.25, 0.3) is 0 Å². The van der Waals surface area contributed by atoms with Gasteiger partial charge < -0.3 is 14.2 Å². The Hall–Kier alpha value is -2.15. The van der Waals surface area contributed by atoms with Crippen molar-refractivity contribution in [2.45, 2.75) is 71.2 Å². The first kappa shape index (κ1) is 21.2. The Labute approximate surface area is 160 Å². The van der Waals surface area contributed by atoms with Gasteiger partial charge in [-0.3, -0.25) is 4.90 Å². The summed E-state index contributed by atoms with van der Waals surface area (Å²) < 4.78 is 16.0. The summed E-state index contributed by atoms with van der Waals surface area (Å²) >= 11 is 0. The summed E-state index contributed by atoms with van der Waals surface area (Å²) in [7, 11) is 2.01. The average Bonchev–Trinajstić information content (AvgIpc) is 2.73. The van der Waals surface area contributed by atoms with Gasteiger partial charge in [0.05, 0.1) is 12.6 Å². The fourth-order valence-electron chi connectivity index (χ4n) is 3.68. The molecule has 2 rings (SSSR count). The summed E-state index contributed by atoms with van der Waals surface area (Å²) in [5, 5.41) is 0. The largest absolute Gasteiger partial charge is 0.463 e. The van der Waals surface area contributed by atoms with Crippen molar-refractivity contribution in [1.29, 1.82) is 0 Å². The second kappa shape index (κ2) is 9.17. The highest BCUT2D eigenvalue weighted by Crippen LogP contribution is 2.37. The monoisotopic (exact) mass is 379 g/mol. The van der Waals surface area contributed by atoms with Crippen LogP contribution in [-0.4, -0.2) is 60.8 Å². The van der Waals surface area contributed by atoms with Gasteiger partial charge in [-0.05, 0) is 34.7 Å². The molecule has 0 N–H and O–H groups in total. The maximum absolute atomic E-state index is 12.2. The van der Waals surface area contributed by atoms with Crippen molar-refractivity contribution in [3.05, 3.63) is 23.3 Å². The molecule has 2 heterocycles. The number of allylic oxidation sites excluding steroid dienone is 1. The third-order valence-corrected chi connectivity index (χ3v) is 4.96. The van der Waals surface area contributed by atoms with Crippen molar-refractivity contribution in [1.82, 2.24) is 4.90 Å². The van der Waals surface area contributed by atoms with Gasteiger partial charge in [-0.1, -0.05) is 5.57 Å². The van der Waals surface area contributed by atoms with Crippen LogP contribution in [0.2, 0.25) is 0 Å². The average molecular weight is 379 g/mol. The molecule has 0 amide bonds. The Bertz CT molecular complexity index is 649. The van der Waals surface area contributed by atoms with E-state index in [1.165, 1.54) is 13.0 Å². The van der Waals surface area contributed by atoms with Crippen LogP contribution in [0.3, 0.4) is 0 Å². The molecule has 0 spiro atoms. The van der Waals surface area contributed by atoms with Gasteiger partial charge in [0.1, 0.15) is 12.2 Å². The van der Waals surface area contributed by atoms with Crippen molar-refractivity contribution in [3.63, 3.8) is 0 Å². The first-order valence-electron chi connectivity index (χ1n) is 9.34. The van der Waals surface area contributed by atoms with Crippen molar-refractivity contribution in [3.8, 4) is 0 Å². The zero-order valence-electron chi connectivity index (χ0n) is 16.7. The van der Waals surface area contributed by atoms with E-state index >= 15 is 0 Å². The van der Waals surface area contributed by atoms with E-state index in [2.05, 4.69) is 4.90 Å². The van der Waals surface area contributed by atoms with Crippen LogP contribution in [0, 0.1) is 0 Å². The Morgan fingerprint density at radius 1 is 1.00 bits per heavy atom. The van der Waals surface area contributed by atoms with Gasteiger partial charge >= 0.3 is 17.9 Å². The van der Waals surface area contributed by atoms with Crippen molar-refractivity contribution < 1.29 is 28.6 Å². The Morgan fingerprint density at radius 3 is 2.33 bits per heavy atom. The number of esters is 3. The molecule has 4 atom stereocenters. The quantitative estimate of drug-likeness (QED) is 0.397. The van der Waals surface area contributed by atoms with E-state index in [-0.39, 0.29) is 42.4 Å². The molecule has 0 aliphatic carbocycles. The van der Waals surface area contributed by atoms with Crippen molar-refractivity contribution in [2.24, 2.45) is 0 Å². The van der Waals surface area contributed by atoms with Crippen molar-refractivity contribution >= 4 is 17.9 Å². The van der Waals surface area contributed by atoms with E-state index in [1.54, 1.807) is 6.92 Å². The second-order valence-corrected chi connectivity index (χ2v) is 7.40. The number of fused-ring (bicyclic) bond motifs is 2. The van der Waals surface area contributed by atoms with Crippen LogP contribution >= 0.6 is 0 Å². The predicted molar refractivity (Wildman–Crippen MR) is 98.8 cm³/mol. The standard InChI is InChI=1S/C20H29NO6/c1-6-25-18(22)8-13(4)20(24)26-15-9-14-10-17(16(11-15)21(14)5)27-19(23)7-12(2)3/h7-8,14-17H,6,9-11H2,1-5H3. The second-order valence-electron chi connectivity index (χ2n) is 7.40. The SMILES string of the molecule is CCOC(=O)C=C(C)C(=O)OC1CC2CC(OC(=O)C=C(C)C)C(C1)N2C. The molecule has 150 valence electrons. The fraction of sp³-hybridized carbons (Fsp3) is 0.650. The fourth-order valence-corrected chi connectivity index (χ4v) is 3.68. The summed E-state index contributed by atoms with van der Waals surface area (Å²) in [6, 6.07) is 0.214. The number of rotatable bonds is 6. The van der Waals surface area contributed by atoms with Gasteiger partial charge in [0, 0.05) is 43.0 Å². The van der Waals surface area contributed by atoms with Gasteiger partial charge in [0.2, 0.25) is 0 Å². The molecular formula is C20H29NO6. The smallest absolute Gasteiger partial charge is 0.334 e. The summed E-state index contributed by atoms with van der Waals surface area (Å²) in [6.45, 7) is 7.19. The van der Waals surface area contributed by atoms with Gasteiger partial charge in [-0.25, -0.2) is 14.4 Å². The molecule has 27 heavy (non-hydrogen) atoms. The molecule has 0 radical (unpaired) electrons. The minimum Gasteiger partial charge on any atom is -0.463 e. The molecule has 4 unspecified atom stereocenters. The van der Waals surface area contributed by atoms with Crippen LogP contribution in [0.15, 0.2) is 23.3 Å². The topological polar surface area (TPSA) is 82.1 Å². The minimum absolute atomic E-state index is 0.0189. The van der Waals surface area contributed by atoms with Gasteiger partial charge in [0.25, 0.3) is 0 Å². The summed E-state index contributed by atoms with van der Waals surface area (Å²) in [5.41, 5.74) is 1.11. The zero-order valence-corrected chi connectivity index (χ0v) is 16.7. The Morgan fingerprint density at radius 2 is 1.70 bits per heavy atom. The lowest BCUT2D eigenvalue weighted by atomic mass is 10.00. The van der Waals surface area contributed by atoms with E-state index in [1.807, 2.05) is 20.9 Å². The minimum atomic E-state index is -0.554. The van der Waals surface area contributed by atoms with E-state index in [4.69, 9.17) is 14.2 Å². The van der Waals surface area contributed by atoms with E-state index in [0.29, 0.717) is 12.8 Å². The highest BCUT2D eigenvalue weighted by Gasteiger charge is 2.47. The van der Waals surface area contributed by atoms with Crippen LogP contribution in [0.5, 0.6) is 0 Å². The molecule has 2 aliphatic heterocycles. The molecule has 2 saturated heterocycles. The van der Waals surface area contributed by atoms with Crippen LogP contribution in [0.1, 0.15) is 47.0 Å². The summed E-state index contributed by atoms with van der Waals surface area (Å²) in [6.07, 6.45) is 4.18. The van der Waals surface area contributed by atoms with Gasteiger partial charge in [0.15, 0.2) is 0 Å². The number of likely N-dealkylation sites (N-methyl/N-ethyl adjacent to an activating group) is 1. The molecule has 0 aromatic heterocycles. The van der Waals surface area contributed by atoms with E-state index in [9.17, 15) is 14.4 Å². The maximum atomic E-state index is 12.2. The maximum Gasteiger partial charge on any atom is 0.334 e. The van der Waals surface area contributed by atoms with Crippen LogP contribution in [-0.2, 0) is 28.6 Å². The molecule has 2 fully saturated rings. The van der Waals surface area contributed by atoms with E-state index in [0.717, 1.165) is 18.1 Å². The Kier molecular flexibility index (Phi) is 7.18. The molecular weight excluding hydrogens is 350 g/mol. The third kappa shape index (κ3) is 5.66. The molecule has 2 aliphatic rings. The summed E-state index contributed by atoms with van der Waals surface area (Å²) in [4.78, 5) is 37.9. The van der Waals surface area contributed by atoms with Gasteiger partial charge in [-0.15, -0.1) is 0 Å². The summed E-state index contributed by atoms with van der Waals surface area (Å²) in [5.74, 6) is -1.40. The molecule has 0 aromatic rings. The van der Waals surface area contributed by atoms with Gasteiger partial charge in [-0.2, -0.15) is 0 Å². The first-order chi connectivity index (χ1) is 12.7. The predicted octanol–water partition coefficient (Wildman–Crippen LogP) is 2.15. The number of piperidine rings is 1. The number of hydrogen-bond acceptors (Lipinski definition) is 7. The highest BCUT2D eigenvalue weighted by atomic mass is 16.6. The number of nitrogens with zero attached hydrogens (tertiary/aromatic N) is 1. The molecule has 0 aromatic carbocycles. The number of ether oxygens (including phenoxy) is 3. The lowest BCUT2D eigenvalue weighted by molar-refractivity contribution is -0.151. The number of carbonyl (C=O) groups excluding carboxylic acids is 3. The lowest BCUT2D eigenvalue weighted by Crippen LogP contribution is -2.46. The highest BCUT2D eigenvalue weighted by molar-refractivity contribution is 5.95. The third-order valence-electron chi connectivity index (χ3n) is 4.96. The van der Waals surface area contributed by atoms with Crippen molar-refractivity contribution in [2.75, 3.05) is 13.7 Å². The van der Waals surface area contributed by atoms with Crippen LogP contribution in [0.4, 0.5) is 0 Å². The number of hydrogen-bond donors (Lipinski definition) is 0. The first-order valence-corrected chi connectivity index (χ1v) is 9.34. The van der Waals surface area contributed by atoms with E-state index < -0.39 is 11.9 Å². The number of carbonyl (C=O) groups is 3. The molecule has 0 saturated carbocycles. The molecule has 2 bridgehead atoms. The zero-order chi connectivity index (χ0) is 20.1. The lowest BCUT2D eigenvalue weighted by Gasteiger charge is -2.36. The molecule has 7 heteroatoms.